The van der Waals surface area contributed by atoms with Gasteiger partial charge in [0.15, 0.2) is 5.82 Å². The van der Waals surface area contributed by atoms with Gasteiger partial charge in [-0.05, 0) is 25.0 Å². The largest absolute Gasteiger partial charge is 0.481 e. The van der Waals surface area contributed by atoms with Crippen LogP contribution in [0.15, 0.2) is 54.6 Å². The molecular weight excluding hydrogens is 340 g/mol. The molecular formula is C21H22N4O2. The molecule has 6 nitrogen and oxygen atoms in total. The molecule has 0 amide bonds. The normalized spacial score (nSPS) is 20.4. The van der Waals surface area contributed by atoms with E-state index >= 15 is 0 Å². The van der Waals surface area contributed by atoms with Gasteiger partial charge in [0.05, 0.1) is 11.4 Å². The van der Waals surface area contributed by atoms with Crippen LogP contribution in [0, 0.1) is 5.92 Å². The van der Waals surface area contributed by atoms with Crippen molar-refractivity contribution in [3.63, 3.8) is 0 Å². The number of benzene rings is 2. The van der Waals surface area contributed by atoms with Gasteiger partial charge in [-0.2, -0.15) is 0 Å². The number of aromatic nitrogens is 2. The van der Waals surface area contributed by atoms with Crippen LogP contribution in [0.3, 0.4) is 0 Å². The number of nitrogens with zero attached hydrogens (tertiary/aromatic N) is 3. The molecule has 2 atom stereocenters. The highest BCUT2D eigenvalue weighted by Crippen LogP contribution is 2.30. The summed E-state index contributed by atoms with van der Waals surface area (Å²) < 4.78 is 0. The van der Waals surface area contributed by atoms with Crippen molar-refractivity contribution in [1.29, 1.82) is 0 Å². The Hall–Kier alpha value is -2.99. The first kappa shape index (κ1) is 17.4. The van der Waals surface area contributed by atoms with Crippen molar-refractivity contribution in [2.24, 2.45) is 11.7 Å². The lowest BCUT2D eigenvalue weighted by molar-refractivity contribution is -0.141. The summed E-state index contributed by atoms with van der Waals surface area (Å²) in [6.07, 6.45) is 1.28. The van der Waals surface area contributed by atoms with E-state index in [9.17, 15) is 9.90 Å². The number of hydrogen-bond donors (Lipinski definition) is 2. The fourth-order valence-electron chi connectivity index (χ4n) is 3.61. The molecule has 2 heterocycles. The second-order valence-electron chi connectivity index (χ2n) is 7.03. The van der Waals surface area contributed by atoms with Gasteiger partial charge in [0.1, 0.15) is 5.82 Å². The molecule has 2 aromatic carbocycles. The summed E-state index contributed by atoms with van der Waals surface area (Å²) >= 11 is 0. The van der Waals surface area contributed by atoms with Gasteiger partial charge in [-0.3, -0.25) is 4.79 Å². The van der Waals surface area contributed by atoms with E-state index in [1.807, 2.05) is 59.5 Å². The molecule has 3 N–H and O–H groups in total. The molecule has 1 aliphatic heterocycles. The third-order valence-electron chi connectivity index (χ3n) is 5.05. The molecule has 27 heavy (non-hydrogen) atoms. The maximum Gasteiger partial charge on any atom is 0.308 e. The Kier molecular flexibility index (Phi) is 4.73. The number of fused-ring (bicyclic) bond motifs is 1. The van der Waals surface area contributed by atoms with E-state index in [2.05, 4.69) is 0 Å². The zero-order valence-corrected chi connectivity index (χ0v) is 15.0. The Morgan fingerprint density at radius 2 is 1.74 bits per heavy atom. The average Bonchev–Trinajstić information content (AvgIpc) is 2.89. The number of carboxylic acids is 1. The van der Waals surface area contributed by atoms with E-state index in [0.29, 0.717) is 31.8 Å². The number of para-hydroxylation sites is 1. The Morgan fingerprint density at radius 3 is 2.52 bits per heavy atom. The SMILES string of the molecule is N[C@@H]1CC[C@H](C(=O)O)CN(c2nc(-c3ccccc3)nc3ccccc23)C1. The van der Waals surface area contributed by atoms with Crippen LogP contribution in [0.1, 0.15) is 12.8 Å². The summed E-state index contributed by atoms with van der Waals surface area (Å²) in [6.45, 7) is 0.983. The molecule has 0 saturated carbocycles. The average molecular weight is 362 g/mol. The van der Waals surface area contributed by atoms with Gasteiger partial charge in [0.25, 0.3) is 0 Å². The number of carbonyl (C=O) groups is 1. The van der Waals surface area contributed by atoms with Crippen molar-refractivity contribution in [1.82, 2.24) is 9.97 Å². The van der Waals surface area contributed by atoms with Crippen molar-refractivity contribution in [3.8, 4) is 11.4 Å². The van der Waals surface area contributed by atoms with Crippen LogP contribution in [0.2, 0.25) is 0 Å². The molecule has 0 bridgehead atoms. The topological polar surface area (TPSA) is 92.3 Å². The Balaban J connectivity index is 1.85. The van der Waals surface area contributed by atoms with Crippen LogP contribution in [0.25, 0.3) is 22.3 Å². The van der Waals surface area contributed by atoms with E-state index in [4.69, 9.17) is 15.7 Å². The zero-order chi connectivity index (χ0) is 18.8. The van der Waals surface area contributed by atoms with Crippen LogP contribution in [0.4, 0.5) is 5.82 Å². The first-order valence-electron chi connectivity index (χ1n) is 9.17. The van der Waals surface area contributed by atoms with Gasteiger partial charge >= 0.3 is 5.97 Å². The smallest absolute Gasteiger partial charge is 0.308 e. The van der Waals surface area contributed by atoms with Crippen LogP contribution < -0.4 is 10.6 Å². The summed E-state index contributed by atoms with van der Waals surface area (Å²) in [5, 5.41) is 10.5. The number of aliphatic carboxylic acids is 1. The van der Waals surface area contributed by atoms with Crippen LogP contribution in [-0.4, -0.2) is 40.2 Å². The van der Waals surface area contributed by atoms with E-state index in [0.717, 1.165) is 22.3 Å². The van der Waals surface area contributed by atoms with Crippen LogP contribution in [0.5, 0.6) is 0 Å². The van der Waals surface area contributed by atoms with E-state index in [1.165, 1.54) is 0 Å². The summed E-state index contributed by atoms with van der Waals surface area (Å²) in [6, 6.07) is 17.6. The lowest BCUT2D eigenvalue weighted by atomic mass is 10.0. The highest BCUT2D eigenvalue weighted by molar-refractivity contribution is 5.91. The lowest BCUT2D eigenvalue weighted by Gasteiger charge is -2.26. The predicted molar refractivity (Wildman–Crippen MR) is 106 cm³/mol. The van der Waals surface area contributed by atoms with Gasteiger partial charge in [0.2, 0.25) is 0 Å². The zero-order valence-electron chi connectivity index (χ0n) is 15.0. The molecule has 0 spiro atoms. The molecule has 1 aromatic heterocycles. The number of nitrogens with two attached hydrogens (primary N) is 1. The Morgan fingerprint density at radius 1 is 1.00 bits per heavy atom. The first-order valence-corrected chi connectivity index (χ1v) is 9.17. The predicted octanol–water partition coefficient (Wildman–Crippen LogP) is 2.93. The van der Waals surface area contributed by atoms with E-state index < -0.39 is 11.9 Å². The van der Waals surface area contributed by atoms with Crippen LogP contribution >= 0.6 is 0 Å². The molecule has 0 radical (unpaired) electrons. The van der Waals surface area contributed by atoms with Crippen molar-refractivity contribution < 1.29 is 9.90 Å². The highest BCUT2D eigenvalue weighted by atomic mass is 16.4. The minimum Gasteiger partial charge on any atom is -0.481 e. The third kappa shape index (κ3) is 3.61. The lowest BCUT2D eigenvalue weighted by Crippen LogP contribution is -2.38. The number of anilines is 1. The first-order chi connectivity index (χ1) is 13.1. The number of carboxylic acid groups (broad SMARTS) is 1. The van der Waals surface area contributed by atoms with Crippen molar-refractivity contribution in [2.75, 3.05) is 18.0 Å². The molecule has 3 aromatic rings. The molecule has 1 aliphatic rings. The van der Waals surface area contributed by atoms with Gasteiger partial charge in [0, 0.05) is 30.1 Å². The minimum absolute atomic E-state index is 0.0803. The summed E-state index contributed by atoms with van der Waals surface area (Å²) in [5.74, 6) is 0.153. The molecule has 138 valence electrons. The molecule has 1 fully saturated rings. The molecule has 0 unspecified atom stereocenters. The van der Waals surface area contributed by atoms with Crippen LogP contribution in [-0.2, 0) is 4.79 Å². The second kappa shape index (κ2) is 7.32. The summed E-state index contributed by atoms with van der Waals surface area (Å²) in [7, 11) is 0. The Labute approximate surface area is 157 Å². The van der Waals surface area contributed by atoms with Gasteiger partial charge in [-0.25, -0.2) is 9.97 Å². The maximum absolute atomic E-state index is 11.6. The monoisotopic (exact) mass is 362 g/mol. The van der Waals surface area contributed by atoms with Crippen molar-refractivity contribution in [2.45, 2.75) is 18.9 Å². The van der Waals surface area contributed by atoms with E-state index in [-0.39, 0.29) is 6.04 Å². The molecule has 6 heteroatoms. The van der Waals surface area contributed by atoms with Gasteiger partial charge < -0.3 is 15.7 Å². The third-order valence-corrected chi connectivity index (χ3v) is 5.05. The summed E-state index contributed by atoms with van der Waals surface area (Å²) in [4.78, 5) is 23.2. The standard InChI is InChI=1S/C21H22N4O2/c22-16-11-10-15(21(26)27)12-25(13-16)20-17-8-4-5-9-18(17)23-19(24-20)14-6-2-1-3-7-14/h1-9,15-16H,10-13,22H2,(H,26,27)/t15-,16+/m0/s1. The molecule has 0 aliphatic carbocycles. The molecule has 4 rings (SSSR count). The summed E-state index contributed by atoms with van der Waals surface area (Å²) in [5.41, 5.74) is 8.01. The van der Waals surface area contributed by atoms with Crippen molar-refractivity contribution in [3.05, 3.63) is 54.6 Å². The minimum atomic E-state index is -0.782. The second-order valence-corrected chi connectivity index (χ2v) is 7.03. The van der Waals surface area contributed by atoms with Gasteiger partial charge in [-0.15, -0.1) is 0 Å². The van der Waals surface area contributed by atoms with Crippen molar-refractivity contribution >= 4 is 22.7 Å². The fraction of sp³-hybridized carbons (Fsp3) is 0.286. The quantitative estimate of drug-likeness (QED) is 0.744. The van der Waals surface area contributed by atoms with E-state index in [1.54, 1.807) is 0 Å². The number of hydrogen-bond acceptors (Lipinski definition) is 5. The maximum atomic E-state index is 11.6. The fourth-order valence-corrected chi connectivity index (χ4v) is 3.61. The Bertz CT molecular complexity index is 961. The number of rotatable bonds is 3. The highest BCUT2D eigenvalue weighted by Gasteiger charge is 2.28. The molecule has 1 saturated heterocycles. The van der Waals surface area contributed by atoms with Gasteiger partial charge in [-0.1, -0.05) is 42.5 Å².